The van der Waals surface area contributed by atoms with Crippen LogP contribution in [0.1, 0.15) is 37.3 Å². The van der Waals surface area contributed by atoms with Crippen LogP contribution in [0.5, 0.6) is 0 Å². The normalized spacial score (nSPS) is 14.9. The van der Waals surface area contributed by atoms with Crippen molar-refractivity contribution in [3.05, 3.63) is 35.4 Å². The van der Waals surface area contributed by atoms with Crippen molar-refractivity contribution < 1.29 is 4.79 Å². The molecule has 2 rings (SSSR count). The van der Waals surface area contributed by atoms with Gasteiger partial charge in [-0.05, 0) is 32.3 Å². The number of guanidine groups is 1. The summed E-state index contributed by atoms with van der Waals surface area (Å²) in [5.41, 5.74) is 2.43. The van der Waals surface area contributed by atoms with Crippen LogP contribution in [-0.4, -0.2) is 42.9 Å². The van der Waals surface area contributed by atoms with E-state index in [4.69, 9.17) is 0 Å². The van der Waals surface area contributed by atoms with E-state index in [1.165, 1.54) is 11.1 Å². The van der Waals surface area contributed by atoms with Crippen LogP contribution in [0.15, 0.2) is 29.3 Å². The summed E-state index contributed by atoms with van der Waals surface area (Å²) in [6, 6.07) is 8.36. The number of carbonyl (C=O) groups is 1. The second-order valence-electron chi connectivity index (χ2n) is 5.95. The molecule has 1 heterocycles. The summed E-state index contributed by atoms with van der Waals surface area (Å²) in [5, 5.41) is 6.48. The lowest BCUT2D eigenvalue weighted by Crippen LogP contribution is -2.39. The van der Waals surface area contributed by atoms with Crippen LogP contribution in [0, 0.1) is 6.92 Å². The van der Waals surface area contributed by atoms with Crippen LogP contribution in [0.2, 0.25) is 0 Å². The molecule has 2 N–H and O–H groups in total. The lowest BCUT2D eigenvalue weighted by Gasteiger charge is -2.16. The van der Waals surface area contributed by atoms with Gasteiger partial charge in [-0.15, -0.1) is 0 Å². The lowest BCUT2D eigenvalue weighted by atomic mass is 10.1. The van der Waals surface area contributed by atoms with Crippen molar-refractivity contribution in [2.75, 3.05) is 26.2 Å². The van der Waals surface area contributed by atoms with Gasteiger partial charge in [0.15, 0.2) is 5.96 Å². The Bertz CT molecular complexity index is 536. The number of amides is 1. The fourth-order valence-corrected chi connectivity index (χ4v) is 2.74. The highest BCUT2D eigenvalue weighted by molar-refractivity contribution is 5.81. The average Bonchev–Trinajstić information content (AvgIpc) is 3.07. The molecule has 0 saturated carbocycles. The van der Waals surface area contributed by atoms with Gasteiger partial charge in [-0.3, -0.25) is 4.79 Å². The Labute approximate surface area is 139 Å². The van der Waals surface area contributed by atoms with Gasteiger partial charge in [0.05, 0.1) is 6.54 Å². The van der Waals surface area contributed by atoms with Gasteiger partial charge in [-0.2, -0.15) is 0 Å². The molecule has 1 aromatic carbocycles. The SMILES string of the molecule is CCNC(=NCc1cccc(C)c1)NCCC(=O)N1CCCC1. The van der Waals surface area contributed by atoms with Gasteiger partial charge in [0.2, 0.25) is 5.91 Å². The number of likely N-dealkylation sites (tertiary alicyclic amines) is 1. The van der Waals surface area contributed by atoms with E-state index in [0.717, 1.165) is 38.4 Å². The number of nitrogens with one attached hydrogen (secondary N) is 2. The molecule has 5 heteroatoms. The van der Waals surface area contributed by atoms with E-state index in [1.54, 1.807) is 0 Å². The second-order valence-corrected chi connectivity index (χ2v) is 5.95. The molecule has 1 amide bonds. The number of rotatable bonds is 6. The Kier molecular flexibility index (Phi) is 6.91. The molecule has 0 spiro atoms. The molecule has 1 aliphatic heterocycles. The number of nitrogens with zero attached hydrogens (tertiary/aromatic N) is 2. The number of carbonyl (C=O) groups excluding carboxylic acids is 1. The summed E-state index contributed by atoms with van der Waals surface area (Å²) in [5.74, 6) is 1.01. The van der Waals surface area contributed by atoms with Crippen molar-refractivity contribution in [1.82, 2.24) is 15.5 Å². The lowest BCUT2D eigenvalue weighted by molar-refractivity contribution is -0.129. The Morgan fingerprint density at radius 2 is 2.04 bits per heavy atom. The van der Waals surface area contributed by atoms with Gasteiger partial charge in [0, 0.05) is 32.6 Å². The first-order valence-electron chi connectivity index (χ1n) is 8.54. The predicted molar refractivity (Wildman–Crippen MR) is 94.4 cm³/mol. The highest BCUT2D eigenvalue weighted by atomic mass is 16.2. The van der Waals surface area contributed by atoms with Crippen LogP contribution in [0.4, 0.5) is 0 Å². The summed E-state index contributed by atoms with van der Waals surface area (Å²) in [7, 11) is 0. The van der Waals surface area contributed by atoms with Crippen LogP contribution >= 0.6 is 0 Å². The summed E-state index contributed by atoms with van der Waals surface area (Å²) >= 11 is 0. The standard InChI is InChI=1S/C18H28N4O/c1-3-19-18(21-14-16-8-6-7-15(2)13-16)20-10-9-17(23)22-11-4-5-12-22/h6-8,13H,3-5,9-12,14H2,1-2H3,(H2,19,20,21). The molecule has 1 aromatic rings. The molecule has 1 aliphatic rings. The van der Waals surface area contributed by atoms with Crippen molar-refractivity contribution in [2.24, 2.45) is 4.99 Å². The van der Waals surface area contributed by atoms with Crippen LogP contribution in [-0.2, 0) is 11.3 Å². The molecule has 1 fully saturated rings. The summed E-state index contributed by atoms with van der Waals surface area (Å²) < 4.78 is 0. The topological polar surface area (TPSA) is 56.7 Å². The van der Waals surface area contributed by atoms with Crippen LogP contribution in [0.3, 0.4) is 0 Å². The number of hydrogen-bond acceptors (Lipinski definition) is 2. The maximum atomic E-state index is 12.0. The van der Waals surface area contributed by atoms with E-state index in [1.807, 2.05) is 11.8 Å². The largest absolute Gasteiger partial charge is 0.357 e. The molecule has 0 aliphatic carbocycles. The van der Waals surface area contributed by atoms with E-state index in [0.29, 0.717) is 19.5 Å². The summed E-state index contributed by atoms with van der Waals surface area (Å²) in [6.45, 7) is 8.02. The van der Waals surface area contributed by atoms with Crippen molar-refractivity contribution >= 4 is 11.9 Å². The molecule has 0 bridgehead atoms. The highest BCUT2D eigenvalue weighted by Gasteiger charge is 2.17. The minimum Gasteiger partial charge on any atom is -0.357 e. The third kappa shape index (κ3) is 5.93. The third-order valence-electron chi connectivity index (χ3n) is 3.94. The zero-order chi connectivity index (χ0) is 16.5. The van der Waals surface area contributed by atoms with Gasteiger partial charge >= 0.3 is 0 Å². The molecule has 0 atom stereocenters. The van der Waals surface area contributed by atoms with E-state index < -0.39 is 0 Å². The predicted octanol–water partition coefficient (Wildman–Crippen LogP) is 2.06. The van der Waals surface area contributed by atoms with E-state index >= 15 is 0 Å². The number of benzene rings is 1. The smallest absolute Gasteiger partial charge is 0.224 e. The average molecular weight is 316 g/mol. The maximum Gasteiger partial charge on any atom is 0.224 e. The number of hydrogen-bond donors (Lipinski definition) is 2. The Hall–Kier alpha value is -2.04. The zero-order valence-corrected chi connectivity index (χ0v) is 14.3. The minimum absolute atomic E-state index is 0.240. The molecule has 1 saturated heterocycles. The number of aryl methyl sites for hydroxylation is 1. The molecule has 0 unspecified atom stereocenters. The van der Waals surface area contributed by atoms with Gasteiger partial charge < -0.3 is 15.5 Å². The number of aliphatic imine (C=N–C) groups is 1. The Morgan fingerprint density at radius 3 is 2.74 bits per heavy atom. The summed E-state index contributed by atoms with van der Waals surface area (Å²) in [4.78, 5) is 18.6. The Morgan fingerprint density at radius 1 is 1.26 bits per heavy atom. The first-order valence-corrected chi connectivity index (χ1v) is 8.54. The van der Waals surface area contributed by atoms with Crippen molar-refractivity contribution in [1.29, 1.82) is 0 Å². The van der Waals surface area contributed by atoms with Gasteiger partial charge in [0.25, 0.3) is 0 Å². The minimum atomic E-state index is 0.240. The Balaban J connectivity index is 1.80. The highest BCUT2D eigenvalue weighted by Crippen LogP contribution is 2.08. The van der Waals surface area contributed by atoms with Crippen molar-refractivity contribution in [3.63, 3.8) is 0 Å². The van der Waals surface area contributed by atoms with Crippen LogP contribution in [0.25, 0.3) is 0 Å². The molecule has 0 radical (unpaired) electrons. The third-order valence-corrected chi connectivity index (χ3v) is 3.94. The summed E-state index contributed by atoms with van der Waals surface area (Å²) in [6.07, 6.45) is 2.80. The van der Waals surface area contributed by atoms with E-state index in [9.17, 15) is 4.79 Å². The zero-order valence-electron chi connectivity index (χ0n) is 14.3. The monoisotopic (exact) mass is 316 g/mol. The molecular formula is C18H28N4O. The first-order chi connectivity index (χ1) is 11.2. The molecule has 126 valence electrons. The maximum absolute atomic E-state index is 12.0. The molecular weight excluding hydrogens is 288 g/mol. The van der Waals surface area contributed by atoms with Crippen molar-refractivity contribution in [3.8, 4) is 0 Å². The fourth-order valence-electron chi connectivity index (χ4n) is 2.74. The molecule has 0 aromatic heterocycles. The van der Waals surface area contributed by atoms with E-state index in [-0.39, 0.29) is 5.91 Å². The fraction of sp³-hybridized carbons (Fsp3) is 0.556. The van der Waals surface area contributed by atoms with E-state index in [2.05, 4.69) is 46.8 Å². The van der Waals surface area contributed by atoms with Gasteiger partial charge in [-0.1, -0.05) is 29.8 Å². The quantitative estimate of drug-likeness (QED) is 0.624. The molecule has 5 nitrogen and oxygen atoms in total. The van der Waals surface area contributed by atoms with Gasteiger partial charge in [-0.25, -0.2) is 4.99 Å². The van der Waals surface area contributed by atoms with Crippen LogP contribution < -0.4 is 10.6 Å². The first kappa shape index (κ1) is 17.3. The molecule has 23 heavy (non-hydrogen) atoms. The second kappa shape index (κ2) is 9.18. The van der Waals surface area contributed by atoms with Gasteiger partial charge in [0.1, 0.15) is 0 Å². The van der Waals surface area contributed by atoms with Crippen molar-refractivity contribution in [2.45, 2.75) is 39.7 Å².